The van der Waals surface area contributed by atoms with Gasteiger partial charge in [-0.3, -0.25) is 4.21 Å². The molecule has 0 aromatic rings. The summed E-state index contributed by atoms with van der Waals surface area (Å²) in [5, 5.41) is 1.54. The Bertz CT molecular complexity index is 277. The fourth-order valence-electron chi connectivity index (χ4n) is 0.693. The van der Waals surface area contributed by atoms with Crippen LogP contribution in [0.3, 0.4) is 0 Å². The van der Waals surface area contributed by atoms with Crippen molar-refractivity contribution in [2.75, 3.05) is 5.75 Å². The topological polar surface area (TPSA) is 17.1 Å². The number of terminal acetylenes is 1. The summed E-state index contributed by atoms with van der Waals surface area (Å²) in [4.78, 5) is 0. The zero-order valence-corrected chi connectivity index (χ0v) is 6.43. The molecule has 0 N–H and O–H groups in total. The first-order chi connectivity index (χ1) is 4.14. The van der Waals surface area contributed by atoms with Gasteiger partial charge in [-0.2, -0.15) is 0 Å². The van der Waals surface area contributed by atoms with Crippen LogP contribution in [-0.2, 0) is 19.7 Å². The molecule has 0 bridgehead atoms. The van der Waals surface area contributed by atoms with Crippen LogP contribution in [0.2, 0.25) is 0 Å². The van der Waals surface area contributed by atoms with Gasteiger partial charge in [0.1, 0.15) is 0 Å². The minimum Gasteiger partial charge on any atom is -0.252 e. The first kappa shape index (κ1) is 6.79. The summed E-state index contributed by atoms with van der Waals surface area (Å²) < 4.78 is 11.0. The zero-order chi connectivity index (χ0) is 6.91. The highest BCUT2D eigenvalue weighted by Crippen LogP contribution is 2.15. The van der Waals surface area contributed by atoms with Crippen molar-refractivity contribution in [3.63, 3.8) is 0 Å². The summed E-state index contributed by atoms with van der Waals surface area (Å²) in [6.07, 6.45) is 5.79. The molecule has 1 aliphatic heterocycles. The number of rotatable bonds is 0. The summed E-state index contributed by atoms with van der Waals surface area (Å²) in [6, 6.07) is 0. The molecule has 0 aromatic heterocycles. The van der Waals surface area contributed by atoms with Crippen LogP contribution >= 0.6 is 0 Å². The van der Waals surface area contributed by atoms with Gasteiger partial charge in [0, 0.05) is 16.7 Å². The smallest absolute Gasteiger partial charge is 0.0533 e. The Hall–Kier alpha value is -0.330. The SMILES string of the molecule is C#CC1=CS(=O)(=S)CC1. The maximum absolute atomic E-state index is 11.0. The van der Waals surface area contributed by atoms with Gasteiger partial charge in [-0.05, 0) is 17.6 Å². The molecule has 9 heavy (non-hydrogen) atoms. The summed E-state index contributed by atoms with van der Waals surface area (Å²) in [7, 11) is -2.08. The largest absolute Gasteiger partial charge is 0.252 e. The van der Waals surface area contributed by atoms with Gasteiger partial charge in [0.05, 0.1) is 8.49 Å². The summed E-state index contributed by atoms with van der Waals surface area (Å²) in [5.74, 6) is 2.99. The predicted molar refractivity (Wildman–Crippen MR) is 41.9 cm³/mol. The highest BCUT2D eigenvalue weighted by Gasteiger charge is 2.12. The molecule has 1 unspecified atom stereocenters. The Kier molecular flexibility index (Phi) is 1.60. The molecule has 0 aromatic carbocycles. The second-order valence-corrected chi connectivity index (χ2v) is 5.57. The molecule has 0 radical (unpaired) electrons. The molecular formula is C6H6OS2. The van der Waals surface area contributed by atoms with E-state index in [2.05, 4.69) is 5.92 Å². The predicted octanol–water partition coefficient (Wildman–Crippen LogP) is 0.653. The van der Waals surface area contributed by atoms with Crippen molar-refractivity contribution in [2.45, 2.75) is 6.42 Å². The molecule has 0 amide bonds. The van der Waals surface area contributed by atoms with Crippen LogP contribution in [0.1, 0.15) is 6.42 Å². The number of hydrogen-bond acceptors (Lipinski definition) is 2. The average molecular weight is 158 g/mol. The van der Waals surface area contributed by atoms with E-state index in [9.17, 15) is 4.21 Å². The van der Waals surface area contributed by atoms with Gasteiger partial charge in [0.15, 0.2) is 0 Å². The van der Waals surface area contributed by atoms with Gasteiger partial charge in [-0.1, -0.05) is 5.92 Å². The highest BCUT2D eigenvalue weighted by atomic mass is 32.8. The van der Waals surface area contributed by atoms with Crippen molar-refractivity contribution < 1.29 is 4.21 Å². The van der Waals surface area contributed by atoms with Crippen LogP contribution < -0.4 is 0 Å². The minimum atomic E-state index is -2.08. The molecule has 1 nitrogen and oxygen atoms in total. The lowest BCUT2D eigenvalue weighted by Gasteiger charge is -1.84. The molecular weight excluding hydrogens is 152 g/mol. The molecule has 1 rings (SSSR count). The Labute approximate surface area is 59.8 Å². The quantitative estimate of drug-likeness (QED) is 0.482. The van der Waals surface area contributed by atoms with E-state index in [0.29, 0.717) is 5.75 Å². The van der Waals surface area contributed by atoms with E-state index in [1.54, 1.807) is 5.41 Å². The number of allylic oxidation sites excluding steroid dienone is 1. The molecule has 1 aliphatic rings. The first-order valence-electron chi connectivity index (χ1n) is 2.54. The van der Waals surface area contributed by atoms with Crippen molar-refractivity contribution in [1.82, 2.24) is 0 Å². The van der Waals surface area contributed by atoms with E-state index in [0.717, 1.165) is 12.0 Å². The van der Waals surface area contributed by atoms with E-state index in [1.807, 2.05) is 0 Å². The van der Waals surface area contributed by atoms with Crippen LogP contribution in [0.5, 0.6) is 0 Å². The van der Waals surface area contributed by atoms with Crippen LogP contribution in [0, 0.1) is 12.3 Å². The van der Waals surface area contributed by atoms with Crippen molar-refractivity contribution in [2.24, 2.45) is 0 Å². The van der Waals surface area contributed by atoms with Gasteiger partial charge >= 0.3 is 0 Å². The molecule has 0 saturated carbocycles. The molecule has 0 saturated heterocycles. The van der Waals surface area contributed by atoms with Crippen molar-refractivity contribution in [3.8, 4) is 12.3 Å². The normalized spacial score (nSPS) is 33.4. The van der Waals surface area contributed by atoms with Crippen LogP contribution in [-0.4, -0.2) is 9.96 Å². The fourth-order valence-corrected chi connectivity index (χ4v) is 2.53. The van der Waals surface area contributed by atoms with E-state index >= 15 is 0 Å². The molecule has 1 atom stereocenters. The lowest BCUT2D eigenvalue weighted by Crippen LogP contribution is -1.90. The lowest BCUT2D eigenvalue weighted by atomic mass is 10.3. The summed E-state index contributed by atoms with van der Waals surface area (Å²) in [5.41, 5.74) is 0.801. The molecule has 0 aliphatic carbocycles. The van der Waals surface area contributed by atoms with Crippen molar-refractivity contribution in [3.05, 3.63) is 11.0 Å². The average Bonchev–Trinajstić information content (AvgIpc) is 2.10. The zero-order valence-electron chi connectivity index (χ0n) is 4.79. The lowest BCUT2D eigenvalue weighted by molar-refractivity contribution is 0.688. The Morgan fingerprint density at radius 2 is 2.56 bits per heavy atom. The first-order valence-corrected chi connectivity index (χ1v) is 5.25. The Balaban J connectivity index is 3.02. The third kappa shape index (κ3) is 1.54. The molecule has 0 spiro atoms. The maximum Gasteiger partial charge on any atom is 0.0533 e. The van der Waals surface area contributed by atoms with E-state index in [4.69, 9.17) is 17.6 Å². The standard InChI is InChI=1S/C6H6OS2/c1-2-6-3-4-9(7,8)5-6/h1,5H,3-4H2. The van der Waals surface area contributed by atoms with E-state index in [1.165, 1.54) is 0 Å². The van der Waals surface area contributed by atoms with E-state index < -0.39 is 8.49 Å². The second-order valence-electron chi connectivity index (χ2n) is 1.90. The van der Waals surface area contributed by atoms with Gasteiger partial charge in [0.25, 0.3) is 0 Å². The van der Waals surface area contributed by atoms with Gasteiger partial charge < -0.3 is 0 Å². The van der Waals surface area contributed by atoms with E-state index in [-0.39, 0.29) is 0 Å². The van der Waals surface area contributed by atoms with Crippen molar-refractivity contribution in [1.29, 1.82) is 0 Å². The van der Waals surface area contributed by atoms with Gasteiger partial charge in [-0.15, -0.1) is 6.42 Å². The molecule has 0 fully saturated rings. The Morgan fingerprint density at radius 1 is 1.89 bits per heavy atom. The summed E-state index contributed by atoms with van der Waals surface area (Å²) in [6.45, 7) is 0. The molecule has 3 heteroatoms. The fraction of sp³-hybridized carbons (Fsp3) is 0.333. The van der Waals surface area contributed by atoms with Crippen LogP contribution in [0.25, 0.3) is 0 Å². The summed E-state index contributed by atoms with van der Waals surface area (Å²) >= 11 is 4.71. The van der Waals surface area contributed by atoms with Gasteiger partial charge in [0.2, 0.25) is 0 Å². The number of hydrogen-bond donors (Lipinski definition) is 0. The minimum absolute atomic E-state index is 0.557. The Morgan fingerprint density at radius 3 is 2.78 bits per heavy atom. The molecule has 1 heterocycles. The third-order valence-electron chi connectivity index (χ3n) is 1.16. The van der Waals surface area contributed by atoms with Crippen molar-refractivity contribution >= 4 is 19.7 Å². The highest BCUT2D eigenvalue weighted by molar-refractivity contribution is 8.34. The maximum atomic E-state index is 11.0. The monoisotopic (exact) mass is 158 g/mol. The van der Waals surface area contributed by atoms with Crippen LogP contribution in [0.4, 0.5) is 0 Å². The second kappa shape index (κ2) is 2.13. The van der Waals surface area contributed by atoms with Crippen LogP contribution in [0.15, 0.2) is 11.0 Å². The van der Waals surface area contributed by atoms with Gasteiger partial charge in [-0.25, -0.2) is 0 Å². The molecule has 48 valence electrons. The third-order valence-corrected chi connectivity index (χ3v) is 3.37.